The van der Waals surface area contributed by atoms with Crippen LogP contribution in [0.3, 0.4) is 0 Å². The third-order valence-corrected chi connectivity index (χ3v) is 4.77. The van der Waals surface area contributed by atoms with Crippen molar-refractivity contribution in [2.75, 3.05) is 33.3 Å². The summed E-state index contributed by atoms with van der Waals surface area (Å²) in [6.45, 7) is 8.14. The van der Waals surface area contributed by atoms with Gasteiger partial charge in [-0.25, -0.2) is 0 Å². The van der Waals surface area contributed by atoms with E-state index in [4.69, 9.17) is 27.9 Å². The molecule has 120 valence electrons. The van der Waals surface area contributed by atoms with Crippen molar-refractivity contribution in [3.63, 3.8) is 0 Å². The van der Waals surface area contributed by atoms with Gasteiger partial charge in [-0.15, -0.1) is 0 Å². The molecule has 0 bridgehead atoms. The lowest BCUT2D eigenvalue weighted by atomic mass is 10.0. The van der Waals surface area contributed by atoms with Gasteiger partial charge >= 0.3 is 0 Å². The first-order valence-electron chi connectivity index (χ1n) is 7.42. The Balaban J connectivity index is 2.28. The van der Waals surface area contributed by atoms with Crippen molar-refractivity contribution in [1.82, 2.24) is 9.80 Å². The third kappa shape index (κ3) is 3.49. The van der Waals surface area contributed by atoms with Crippen LogP contribution in [0.5, 0.6) is 5.75 Å². The molecule has 6 heteroatoms. The van der Waals surface area contributed by atoms with Gasteiger partial charge in [0.1, 0.15) is 6.04 Å². The molecule has 0 saturated carbocycles. The van der Waals surface area contributed by atoms with Crippen LogP contribution in [0.25, 0.3) is 0 Å². The Morgan fingerprint density at radius 3 is 2.45 bits per heavy atom. The first-order valence-corrected chi connectivity index (χ1v) is 8.18. The predicted molar refractivity (Wildman–Crippen MR) is 89.7 cm³/mol. The maximum absolute atomic E-state index is 9.66. The fourth-order valence-electron chi connectivity index (χ4n) is 2.99. The maximum atomic E-state index is 9.66. The zero-order chi connectivity index (χ0) is 16.3. The van der Waals surface area contributed by atoms with Crippen LogP contribution in [0.2, 0.25) is 10.0 Å². The molecule has 2 atom stereocenters. The number of hydrogen-bond donors (Lipinski definition) is 0. The van der Waals surface area contributed by atoms with Crippen molar-refractivity contribution in [2.24, 2.45) is 0 Å². The number of rotatable bonds is 4. The molecule has 0 radical (unpaired) electrons. The van der Waals surface area contributed by atoms with Crippen molar-refractivity contribution < 1.29 is 4.74 Å². The molecule has 0 N–H and O–H groups in total. The van der Waals surface area contributed by atoms with Crippen LogP contribution in [-0.2, 0) is 0 Å². The average molecular weight is 342 g/mol. The highest BCUT2D eigenvalue weighted by molar-refractivity contribution is 6.37. The van der Waals surface area contributed by atoms with Crippen molar-refractivity contribution in [1.29, 1.82) is 5.26 Å². The van der Waals surface area contributed by atoms with Gasteiger partial charge in [-0.05, 0) is 31.2 Å². The van der Waals surface area contributed by atoms with E-state index >= 15 is 0 Å². The third-order valence-electron chi connectivity index (χ3n) is 4.20. The SMILES string of the molecule is CCN1CCN(C(C#N)c2cc(Cl)c(OC)c(Cl)c2)C(C)C1. The molecule has 0 amide bonds. The number of piperazine rings is 1. The quantitative estimate of drug-likeness (QED) is 0.838. The van der Waals surface area contributed by atoms with E-state index < -0.39 is 0 Å². The topological polar surface area (TPSA) is 39.5 Å². The van der Waals surface area contributed by atoms with Crippen LogP contribution < -0.4 is 4.74 Å². The minimum Gasteiger partial charge on any atom is -0.494 e. The first kappa shape index (κ1) is 17.4. The number of ether oxygens (including phenoxy) is 1. The summed E-state index contributed by atoms with van der Waals surface area (Å²) in [6.07, 6.45) is 0. The molecular weight excluding hydrogens is 321 g/mol. The van der Waals surface area contributed by atoms with Gasteiger partial charge in [-0.3, -0.25) is 4.90 Å². The second-order valence-corrected chi connectivity index (χ2v) is 6.34. The second-order valence-electron chi connectivity index (χ2n) is 5.53. The zero-order valence-electron chi connectivity index (χ0n) is 13.1. The Kier molecular flexibility index (Phi) is 5.94. The summed E-state index contributed by atoms with van der Waals surface area (Å²) in [7, 11) is 1.53. The molecule has 0 aromatic heterocycles. The van der Waals surface area contributed by atoms with Crippen molar-refractivity contribution in [2.45, 2.75) is 25.9 Å². The van der Waals surface area contributed by atoms with Crippen LogP contribution in [0, 0.1) is 11.3 Å². The van der Waals surface area contributed by atoms with Gasteiger partial charge in [-0.2, -0.15) is 5.26 Å². The number of likely N-dealkylation sites (N-methyl/N-ethyl adjacent to an activating group) is 1. The van der Waals surface area contributed by atoms with Crippen LogP contribution in [0.1, 0.15) is 25.5 Å². The molecule has 4 nitrogen and oxygen atoms in total. The lowest BCUT2D eigenvalue weighted by molar-refractivity contribution is 0.0683. The molecule has 1 heterocycles. The summed E-state index contributed by atoms with van der Waals surface area (Å²) in [6, 6.07) is 5.90. The van der Waals surface area contributed by atoms with E-state index in [-0.39, 0.29) is 6.04 Å². The standard InChI is InChI=1S/C16H21Cl2N3O/c1-4-20-5-6-21(11(2)10-20)15(9-19)12-7-13(17)16(22-3)14(18)8-12/h7-8,11,15H,4-6,10H2,1-3H3. The van der Waals surface area contributed by atoms with Gasteiger partial charge < -0.3 is 9.64 Å². The number of benzene rings is 1. The van der Waals surface area contributed by atoms with Gasteiger partial charge in [-0.1, -0.05) is 30.1 Å². The molecule has 0 spiro atoms. The summed E-state index contributed by atoms with van der Waals surface area (Å²) >= 11 is 12.4. The van der Waals surface area contributed by atoms with Gasteiger partial charge in [0.2, 0.25) is 0 Å². The van der Waals surface area contributed by atoms with E-state index in [9.17, 15) is 5.26 Å². The highest BCUT2D eigenvalue weighted by Gasteiger charge is 2.30. The van der Waals surface area contributed by atoms with E-state index in [0.717, 1.165) is 31.7 Å². The van der Waals surface area contributed by atoms with Crippen molar-refractivity contribution in [3.8, 4) is 11.8 Å². The van der Waals surface area contributed by atoms with Gasteiger partial charge in [0.15, 0.2) is 5.75 Å². The Morgan fingerprint density at radius 2 is 2.00 bits per heavy atom. The molecule has 1 aliphatic rings. The van der Waals surface area contributed by atoms with E-state index in [0.29, 0.717) is 21.8 Å². The Hall–Kier alpha value is -0.990. The smallest absolute Gasteiger partial charge is 0.156 e. The van der Waals surface area contributed by atoms with Crippen LogP contribution >= 0.6 is 23.2 Å². The minimum atomic E-state index is -0.352. The van der Waals surface area contributed by atoms with Crippen LogP contribution in [0.15, 0.2) is 12.1 Å². The maximum Gasteiger partial charge on any atom is 0.156 e. The summed E-state index contributed by atoms with van der Waals surface area (Å²) in [4.78, 5) is 4.60. The Labute approximate surface area is 142 Å². The summed E-state index contributed by atoms with van der Waals surface area (Å²) < 4.78 is 5.17. The number of hydrogen-bond acceptors (Lipinski definition) is 4. The first-order chi connectivity index (χ1) is 10.5. The Bertz CT molecular complexity index is 550. The van der Waals surface area contributed by atoms with Gasteiger partial charge in [0.25, 0.3) is 0 Å². The lowest BCUT2D eigenvalue weighted by Crippen LogP contribution is -2.52. The molecule has 1 aliphatic heterocycles. The summed E-state index contributed by atoms with van der Waals surface area (Å²) in [5.74, 6) is 0.452. The summed E-state index contributed by atoms with van der Waals surface area (Å²) in [5.41, 5.74) is 0.815. The van der Waals surface area contributed by atoms with E-state index in [1.807, 2.05) is 0 Å². The molecule has 2 unspecified atom stereocenters. The number of nitriles is 1. The fourth-order valence-corrected chi connectivity index (χ4v) is 3.65. The zero-order valence-corrected chi connectivity index (χ0v) is 14.7. The van der Waals surface area contributed by atoms with Gasteiger partial charge in [0, 0.05) is 25.7 Å². The fraction of sp³-hybridized carbons (Fsp3) is 0.562. The molecule has 2 rings (SSSR count). The van der Waals surface area contributed by atoms with E-state index in [1.165, 1.54) is 7.11 Å². The molecular formula is C16H21Cl2N3O. The van der Waals surface area contributed by atoms with Crippen LogP contribution in [-0.4, -0.2) is 49.1 Å². The van der Waals surface area contributed by atoms with E-state index in [2.05, 4.69) is 29.7 Å². The second kappa shape index (κ2) is 7.52. The molecule has 1 aromatic carbocycles. The molecule has 1 fully saturated rings. The molecule has 1 saturated heterocycles. The summed E-state index contributed by atoms with van der Waals surface area (Å²) in [5, 5.41) is 10.5. The highest BCUT2D eigenvalue weighted by atomic mass is 35.5. The number of nitrogens with zero attached hydrogens (tertiary/aromatic N) is 3. The minimum absolute atomic E-state index is 0.304. The lowest BCUT2D eigenvalue weighted by Gasteiger charge is -2.41. The van der Waals surface area contributed by atoms with E-state index in [1.54, 1.807) is 12.1 Å². The molecule has 22 heavy (non-hydrogen) atoms. The monoisotopic (exact) mass is 341 g/mol. The van der Waals surface area contributed by atoms with Crippen molar-refractivity contribution >= 4 is 23.2 Å². The predicted octanol–water partition coefficient (Wildman–Crippen LogP) is 3.59. The number of methoxy groups -OCH3 is 1. The number of halogens is 2. The largest absolute Gasteiger partial charge is 0.494 e. The average Bonchev–Trinajstić information content (AvgIpc) is 2.49. The highest BCUT2D eigenvalue weighted by Crippen LogP contribution is 2.37. The van der Waals surface area contributed by atoms with Gasteiger partial charge in [0.05, 0.1) is 23.2 Å². The van der Waals surface area contributed by atoms with Crippen molar-refractivity contribution in [3.05, 3.63) is 27.7 Å². The molecule has 0 aliphatic carbocycles. The Morgan fingerprint density at radius 1 is 1.36 bits per heavy atom. The normalized spacial score (nSPS) is 21.4. The van der Waals surface area contributed by atoms with Crippen LogP contribution in [0.4, 0.5) is 0 Å². The molecule has 1 aromatic rings.